The lowest BCUT2D eigenvalue weighted by molar-refractivity contribution is 0.101. The fourth-order valence-electron chi connectivity index (χ4n) is 2.98. The minimum absolute atomic E-state index is 0.0528. The number of benzene rings is 2. The minimum atomic E-state index is -0.507. The van der Waals surface area contributed by atoms with Crippen molar-refractivity contribution in [2.45, 2.75) is 20.2 Å². The van der Waals surface area contributed by atoms with Crippen LogP contribution in [0.4, 0.5) is 10.2 Å². The number of halogens is 4. The van der Waals surface area contributed by atoms with Crippen molar-refractivity contribution in [2.75, 3.05) is 5.32 Å². The lowest BCUT2D eigenvalue weighted by Gasteiger charge is -2.07. The van der Waals surface area contributed by atoms with Crippen molar-refractivity contribution in [3.8, 4) is 5.75 Å². The van der Waals surface area contributed by atoms with Crippen LogP contribution in [-0.4, -0.2) is 25.5 Å². The average molecular weight is 509 g/mol. The van der Waals surface area contributed by atoms with Crippen molar-refractivity contribution in [1.29, 1.82) is 0 Å². The van der Waals surface area contributed by atoms with E-state index in [-0.39, 0.29) is 40.4 Å². The number of carbonyl (C=O) groups excluding carboxylic acids is 1. The van der Waals surface area contributed by atoms with Gasteiger partial charge in [-0.2, -0.15) is 10.2 Å². The fraction of sp³-hybridized carbons (Fsp3) is 0.136. The molecule has 4 aromatic rings. The molecule has 0 aliphatic heterocycles. The van der Waals surface area contributed by atoms with Crippen LogP contribution in [0.3, 0.4) is 0 Å². The summed E-state index contributed by atoms with van der Waals surface area (Å²) < 4.78 is 22.6. The number of nitrogens with zero attached hydrogens (tertiary/aromatic N) is 4. The molecule has 0 spiro atoms. The fourth-order valence-corrected chi connectivity index (χ4v) is 3.52. The maximum absolute atomic E-state index is 14.0. The highest BCUT2D eigenvalue weighted by Gasteiger charge is 2.16. The molecule has 0 aliphatic carbocycles. The molecule has 170 valence electrons. The van der Waals surface area contributed by atoms with Crippen LogP contribution < -0.4 is 10.1 Å². The molecule has 0 aliphatic rings. The van der Waals surface area contributed by atoms with Gasteiger partial charge in [-0.05, 0) is 48.9 Å². The quantitative estimate of drug-likeness (QED) is 0.341. The molecule has 1 amide bonds. The second kappa shape index (κ2) is 9.82. The van der Waals surface area contributed by atoms with E-state index in [9.17, 15) is 9.18 Å². The highest BCUT2D eigenvalue weighted by molar-refractivity contribution is 6.33. The highest BCUT2D eigenvalue weighted by Crippen LogP contribution is 2.24. The molecule has 0 radical (unpaired) electrons. The van der Waals surface area contributed by atoms with Gasteiger partial charge in [0.25, 0.3) is 5.91 Å². The van der Waals surface area contributed by atoms with Gasteiger partial charge in [0.05, 0.1) is 6.54 Å². The number of aromatic nitrogens is 4. The zero-order valence-corrected chi connectivity index (χ0v) is 19.5. The molecule has 0 bridgehead atoms. The van der Waals surface area contributed by atoms with Crippen molar-refractivity contribution in [3.63, 3.8) is 0 Å². The van der Waals surface area contributed by atoms with Gasteiger partial charge < -0.3 is 10.1 Å². The second-order valence-corrected chi connectivity index (χ2v) is 8.32. The summed E-state index contributed by atoms with van der Waals surface area (Å²) in [6, 6.07) is 11.3. The number of hydrogen-bond acceptors (Lipinski definition) is 4. The Balaban J connectivity index is 1.39. The van der Waals surface area contributed by atoms with Crippen molar-refractivity contribution in [3.05, 3.63) is 92.6 Å². The summed E-state index contributed by atoms with van der Waals surface area (Å²) in [5.41, 5.74) is 1.31. The number of aryl methyl sites for hydroxylation is 1. The maximum atomic E-state index is 14.0. The number of nitrogens with one attached hydrogen (secondary N) is 1. The SMILES string of the molecule is Cc1cc(OCn2ccc(C(=O)Nc3nn(Cc4c(F)cccc4Cl)cc3Cl)n2)ccc1Cl. The van der Waals surface area contributed by atoms with Crippen LogP contribution in [-0.2, 0) is 13.3 Å². The van der Waals surface area contributed by atoms with Crippen LogP contribution >= 0.6 is 34.8 Å². The van der Waals surface area contributed by atoms with Crippen LogP contribution in [0.15, 0.2) is 54.9 Å². The van der Waals surface area contributed by atoms with Crippen molar-refractivity contribution < 1.29 is 13.9 Å². The molecule has 11 heteroatoms. The number of rotatable bonds is 7. The van der Waals surface area contributed by atoms with E-state index < -0.39 is 11.7 Å². The van der Waals surface area contributed by atoms with E-state index >= 15 is 0 Å². The first-order valence-electron chi connectivity index (χ1n) is 9.70. The van der Waals surface area contributed by atoms with E-state index in [1.807, 2.05) is 13.0 Å². The lowest BCUT2D eigenvalue weighted by Crippen LogP contribution is -2.15. The Morgan fingerprint density at radius 2 is 1.88 bits per heavy atom. The summed E-state index contributed by atoms with van der Waals surface area (Å²) in [7, 11) is 0. The lowest BCUT2D eigenvalue weighted by atomic mass is 10.2. The van der Waals surface area contributed by atoms with Gasteiger partial charge in [0.2, 0.25) is 0 Å². The summed E-state index contributed by atoms with van der Waals surface area (Å²) >= 11 is 18.3. The zero-order chi connectivity index (χ0) is 23.5. The number of hydrogen-bond donors (Lipinski definition) is 1. The highest BCUT2D eigenvalue weighted by atomic mass is 35.5. The maximum Gasteiger partial charge on any atom is 0.277 e. The van der Waals surface area contributed by atoms with Crippen LogP contribution in [0.25, 0.3) is 0 Å². The van der Waals surface area contributed by atoms with Crippen LogP contribution in [0, 0.1) is 12.7 Å². The zero-order valence-electron chi connectivity index (χ0n) is 17.2. The first-order valence-corrected chi connectivity index (χ1v) is 10.8. The molecule has 0 unspecified atom stereocenters. The first kappa shape index (κ1) is 23.1. The first-order chi connectivity index (χ1) is 15.8. The summed E-state index contributed by atoms with van der Waals surface area (Å²) in [4.78, 5) is 12.6. The van der Waals surface area contributed by atoms with Crippen molar-refractivity contribution in [1.82, 2.24) is 19.6 Å². The Kier molecular flexibility index (Phi) is 6.88. The Hall–Kier alpha value is -3.07. The number of amides is 1. The third kappa shape index (κ3) is 5.47. The van der Waals surface area contributed by atoms with E-state index in [1.54, 1.807) is 24.4 Å². The van der Waals surface area contributed by atoms with Gasteiger partial charge in [0.15, 0.2) is 18.2 Å². The Bertz CT molecular complexity index is 1300. The molecule has 2 aromatic carbocycles. The summed E-state index contributed by atoms with van der Waals surface area (Å²) in [5.74, 6) is -0.212. The van der Waals surface area contributed by atoms with E-state index in [2.05, 4.69) is 15.5 Å². The molecule has 0 fully saturated rings. The van der Waals surface area contributed by atoms with Gasteiger partial charge in [-0.1, -0.05) is 40.9 Å². The standard InChI is InChI=1S/C22H17Cl3FN5O2/c1-13-9-14(5-6-16(13)23)33-12-30-8-7-20(28-30)22(32)27-21-18(25)11-31(29-21)10-15-17(24)3-2-4-19(15)26/h2-9,11H,10,12H2,1H3,(H,27,29,32). The molecule has 0 atom stereocenters. The summed E-state index contributed by atoms with van der Waals surface area (Å²) in [6.45, 7) is 2.04. The van der Waals surface area contributed by atoms with Crippen LogP contribution in [0.2, 0.25) is 15.1 Å². The molecular weight excluding hydrogens is 492 g/mol. The summed E-state index contributed by atoms with van der Waals surface area (Å²) in [6.07, 6.45) is 3.08. The normalized spacial score (nSPS) is 10.9. The molecular formula is C22H17Cl3FN5O2. The van der Waals surface area contributed by atoms with Gasteiger partial charge in [0, 0.05) is 28.0 Å². The van der Waals surface area contributed by atoms with E-state index in [0.29, 0.717) is 10.8 Å². The number of carbonyl (C=O) groups is 1. The average Bonchev–Trinajstić information content (AvgIpc) is 3.38. The number of ether oxygens (including phenoxy) is 1. The Morgan fingerprint density at radius 3 is 2.64 bits per heavy atom. The van der Waals surface area contributed by atoms with Crippen LogP contribution in [0.5, 0.6) is 5.75 Å². The number of anilines is 1. The predicted octanol–water partition coefficient (Wildman–Crippen LogP) is 5.82. The molecule has 7 nitrogen and oxygen atoms in total. The second-order valence-electron chi connectivity index (χ2n) is 7.10. The molecule has 2 heterocycles. The van der Waals surface area contributed by atoms with Gasteiger partial charge in [-0.15, -0.1) is 0 Å². The predicted molar refractivity (Wildman–Crippen MR) is 125 cm³/mol. The molecule has 0 saturated carbocycles. The molecule has 2 aromatic heterocycles. The van der Waals surface area contributed by atoms with Gasteiger partial charge in [0.1, 0.15) is 16.6 Å². The third-order valence-electron chi connectivity index (χ3n) is 4.70. The molecule has 33 heavy (non-hydrogen) atoms. The topological polar surface area (TPSA) is 74.0 Å². The van der Waals surface area contributed by atoms with E-state index in [0.717, 1.165) is 5.56 Å². The van der Waals surface area contributed by atoms with Crippen LogP contribution in [0.1, 0.15) is 21.6 Å². The Labute approximate surface area is 203 Å². The smallest absolute Gasteiger partial charge is 0.277 e. The van der Waals surface area contributed by atoms with E-state index in [4.69, 9.17) is 39.5 Å². The third-order valence-corrected chi connectivity index (χ3v) is 5.75. The molecule has 4 rings (SSSR count). The van der Waals surface area contributed by atoms with Gasteiger partial charge in [-0.3, -0.25) is 9.48 Å². The summed E-state index contributed by atoms with van der Waals surface area (Å²) in [5, 5.41) is 12.1. The largest absolute Gasteiger partial charge is 0.471 e. The Morgan fingerprint density at radius 1 is 1.06 bits per heavy atom. The molecule has 0 saturated heterocycles. The minimum Gasteiger partial charge on any atom is -0.471 e. The van der Waals surface area contributed by atoms with Crippen molar-refractivity contribution >= 4 is 46.5 Å². The van der Waals surface area contributed by atoms with E-state index in [1.165, 1.54) is 33.8 Å². The van der Waals surface area contributed by atoms with Gasteiger partial charge >= 0.3 is 0 Å². The monoisotopic (exact) mass is 507 g/mol. The van der Waals surface area contributed by atoms with Gasteiger partial charge in [-0.25, -0.2) is 9.07 Å². The van der Waals surface area contributed by atoms with Crippen molar-refractivity contribution in [2.24, 2.45) is 0 Å². The molecule has 1 N–H and O–H groups in total.